The molecule has 1 amide bonds. The Hall–Kier alpha value is -2.90. The molecule has 2 aromatic heterocycles. The number of nitrogens with one attached hydrogen (secondary N) is 2. The standard InChI is InChI=1S/C19H25N7O/c1-4-17(27)22-14-6-5-13(9-14)19(2)10-15(18-20-12-21-26(18)11-19)23-16-7-8-25(3)24-16/h4,7-8,10,12-14H,1,5-6,9,11H2,2-3H3,(H,22,27)(H,23,24)/t13-,14+,19?/m0/s1. The molecule has 1 aliphatic carbocycles. The molecule has 0 bridgehead atoms. The highest BCUT2D eigenvalue weighted by Crippen LogP contribution is 2.45. The van der Waals surface area contributed by atoms with Gasteiger partial charge in [-0.25, -0.2) is 9.67 Å². The van der Waals surface area contributed by atoms with E-state index in [2.05, 4.69) is 45.4 Å². The zero-order valence-corrected chi connectivity index (χ0v) is 15.7. The van der Waals surface area contributed by atoms with Crippen LogP contribution in [-0.2, 0) is 18.4 Å². The quantitative estimate of drug-likeness (QED) is 0.789. The predicted molar refractivity (Wildman–Crippen MR) is 102 cm³/mol. The number of allylic oxidation sites excluding steroid dienone is 1. The summed E-state index contributed by atoms with van der Waals surface area (Å²) in [5.74, 6) is 1.96. The van der Waals surface area contributed by atoms with E-state index in [0.717, 1.165) is 43.1 Å². The zero-order chi connectivity index (χ0) is 19.0. The van der Waals surface area contributed by atoms with E-state index in [1.54, 1.807) is 11.0 Å². The first-order valence-corrected chi connectivity index (χ1v) is 9.27. The summed E-state index contributed by atoms with van der Waals surface area (Å²) in [5.41, 5.74) is 0.851. The van der Waals surface area contributed by atoms with Crippen LogP contribution in [0.4, 0.5) is 5.82 Å². The Morgan fingerprint density at radius 2 is 2.30 bits per heavy atom. The topological polar surface area (TPSA) is 89.7 Å². The van der Waals surface area contributed by atoms with Gasteiger partial charge in [0, 0.05) is 30.8 Å². The van der Waals surface area contributed by atoms with Gasteiger partial charge in [-0.2, -0.15) is 10.2 Å². The molecule has 8 heteroatoms. The van der Waals surface area contributed by atoms with Crippen LogP contribution in [0.2, 0.25) is 0 Å². The summed E-state index contributed by atoms with van der Waals surface area (Å²) in [6.45, 7) is 6.58. The fourth-order valence-corrected chi connectivity index (χ4v) is 4.28. The van der Waals surface area contributed by atoms with E-state index in [1.165, 1.54) is 6.08 Å². The lowest BCUT2D eigenvalue weighted by Crippen LogP contribution is -2.36. The second-order valence-corrected chi connectivity index (χ2v) is 7.72. The minimum absolute atomic E-state index is 0.0779. The fraction of sp³-hybridized carbons (Fsp3) is 0.474. The molecule has 1 saturated carbocycles. The molecule has 2 aliphatic rings. The number of hydrogen-bond donors (Lipinski definition) is 2. The van der Waals surface area contributed by atoms with Crippen molar-refractivity contribution in [2.75, 3.05) is 5.32 Å². The third kappa shape index (κ3) is 3.39. The maximum Gasteiger partial charge on any atom is 0.243 e. The largest absolute Gasteiger partial charge is 0.350 e. The summed E-state index contributed by atoms with van der Waals surface area (Å²) >= 11 is 0. The first kappa shape index (κ1) is 17.5. The van der Waals surface area contributed by atoms with Gasteiger partial charge >= 0.3 is 0 Å². The fourth-order valence-electron chi connectivity index (χ4n) is 4.28. The van der Waals surface area contributed by atoms with Crippen molar-refractivity contribution in [3.63, 3.8) is 0 Å². The Kier molecular flexibility index (Phi) is 4.33. The van der Waals surface area contributed by atoms with Crippen molar-refractivity contribution in [2.24, 2.45) is 18.4 Å². The molecule has 2 N–H and O–H groups in total. The van der Waals surface area contributed by atoms with Crippen LogP contribution in [0.25, 0.3) is 5.70 Å². The number of hydrogen-bond acceptors (Lipinski definition) is 5. The Morgan fingerprint density at radius 1 is 1.44 bits per heavy atom. The number of rotatable bonds is 5. The van der Waals surface area contributed by atoms with E-state index in [9.17, 15) is 4.79 Å². The van der Waals surface area contributed by atoms with Crippen LogP contribution in [-0.4, -0.2) is 36.5 Å². The smallest absolute Gasteiger partial charge is 0.243 e. The lowest BCUT2D eigenvalue weighted by molar-refractivity contribution is -0.117. The molecule has 27 heavy (non-hydrogen) atoms. The highest BCUT2D eigenvalue weighted by molar-refractivity contribution is 5.87. The first-order valence-electron chi connectivity index (χ1n) is 9.27. The highest BCUT2D eigenvalue weighted by atomic mass is 16.1. The van der Waals surface area contributed by atoms with Crippen molar-refractivity contribution < 1.29 is 4.79 Å². The van der Waals surface area contributed by atoms with Crippen LogP contribution in [0.3, 0.4) is 0 Å². The number of aryl methyl sites for hydroxylation is 1. The molecule has 3 atom stereocenters. The molecule has 1 fully saturated rings. The maximum absolute atomic E-state index is 11.6. The average molecular weight is 367 g/mol. The number of nitrogens with zero attached hydrogens (tertiary/aromatic N) is 5. The van der Waals surface area contributed by atoms with E-state index >= 15 is 0 Å². The molecule has 1 unspecified atom stereocenters. The predicted octanol–water partition coefficient (Wildman–Crippen LogP) is 1.96. The van der Waals surface area contributed by atoms with Crippen LogP contribution >= 0.6 is 0 Å². The number of carbonyl (C=O) groups excluding carboxylic acids is 1. The zero-order valence-electron chi connectivity index (χ0n) is 15.7. The van der Waals surface area contributed by atoms with E-state index in [4.69, 9.17) is 0 Å². The molecule has 1 aliphatic heterocycles. The normalized spacial score (nSPS) is 27.0. The summed E-state index contributed by atoms with van der Waals surface area (Å²) in [5, 5.41) is 15.3. The minimum atomic E-state index is -0.0962. The summed E-state index contributed by atoms with van der Waals surface area (Å²) in [6.07, 6.45) is 10.1. The van der Waals surface area contributed by atoms with Crippen LogP contribution in [0.15, 0.2) is 37.3 Å². The second-order valence-electron chi connectivity index (χ2n) is 7.72. The van der Waals surface area contributed by atoms with Crippen molar-refractivity contribution in [2.45, 2.75) is 38.8 Å². The highest BCUT2D eigenvalue weighted by Gasteiger charge is 2.42. The van der Waals surface area contributed by atoms with Gasteiger partial charge in [0.05, 0.1) is 12.2 Å². The van der Waals surface area contributed by atoms with Gasteiger partial charge in [-0.15, -0.1) is 0 Å². The lowest BCUT2D eigenvalue weighted by Gasteiger charge is -2.37. The maximum atomic E-state index is 11.6. The van der Waals surface area contributed by atoms with Crippen molar-refractivity contribution in [1.29, 1.82) is 0 Å². The molecule has 8 nitrogen and oxygen atoms in total. The summed E-state index contributed by atoms with van der Waals surface area (Å²) < 4.78 is 3.72. The van der Waals surface area contributed by atoms with E-state index in [0.29, 0.717) is 5.92 Å². The summed E-state index contributed by atoms with van der Waals surface area (Å²) in [7, 11) is 1.89. The molecular weight excluding hydrogens is 342 g/mol. The van der Waals surface area contributed by atoms with Crippen LogP contribution in [0, 0.1) is 11.3 Å². The van der Waals surface area contributed by atoms with Crippen LogP contribution in [0.1, 0.15) is 32.0 Å². The van der Waals surface area contributed by atoms with Gasteiger partial charge in [0.2, 0.25) is 5.91 Å². The van der Waals surface area contributed by atoms with Crippen molar-refractivity contribution in [3.8, 4) is 0 Å². The van der Waals surface area contributed by atoms with Gasteiger partial charge in [-0.05, 0) is 37.3 Å². The van der Waals surface area contributed by atoms with Crippen LogP contribution < -0.4 is 10.6 Å². The van der Waals surface area contributed by atoms with Crippen LogP contribution in [0.5, 0.6) is 0 Å². The Morgan fingerprint density at radius 3 is 3.04 bits per heavy atom. The third-order valence-electron chi connectivity index (χ3n) is 5.69. The molecule has 0 aromatic carbocycles. The van der Waals surface area contributed by atoms with E-state index in [-0.39, 0.29) is 17.4 Å². The number of fused-ring (bicyclic) bond motifs is 1. The van der Waals surface area contributed by atoms with Gasteiger partial charge in [0.25, 0.3) is 0 Å². The van der Waals surface area contributed by atoms with Gasteiger partial charge < -0.3 is 10.6 Å². The number of aromatic nitrogens is 5. The van der Waals surface area contributed by atoms with Crippen molar-refractivity contribution in [3.05, 3.63) is 43.1 Å². The average Bonchev–Trinajstić information content (AvgIpc) is 3.36. The van der Waals surface area contributed by atoms with Crippen molar-refractivity contribution in [1.82, 2.24) is 29.9 Å². The second kappa shape index (κ2) is 6.68. The third-order valence-corrected chi connectivity index (χ3v) is 5.69. The molecular formula is C19H25N7O. The minimum Gasteiger partial charge on any atom is -0.350 e. The summed E-state index contributed by atoms with van der Waals surface area (Å²) in [4.78, 5) is 16.1. The van der Waals surface area contributed by atoms with Gasteiger partial charge in [0.1, 0.15) is 6.33 Å². The van der Waals surface area contributed by atoms with Crippen molar-refractivity contribution >= 4 is 17.4 Å². The molecule has 0 radical (unpaired) electrons. The number of amides is 1. The molecule has 0 saturated heterocycles. The lowest BCUT2D eigenvalue weighted by atomic mass is 9.74. The Labute approximate surface area is 158 Å². The first-order chi connectivity index (χ1) is 13.0. The van der Waals surface area contributed by atoms with Gasteiger partial charge in [-0.1, -0.05) is 13.5 Å². The molecule has 2 aromatic rings. The van der Waals surface area contributed by atoms with Gasteiger partial charge in [0.15, 0.2) is 11.6 Å². The molecule has 0 spiro atoms. The Balaban J connectivity index is 1.57. The molecule has 3 heterocycles. The van der Waals surface area contributed by atoms with E-state index in [1.807, 2.05) is 24.0 Å². The number of anilines is 1. The number of carbonyl (C=O) groups is 1. The monoisotopic (exact) mass is 367 g/mol. The van der Waals surface area contributed by atoms with Gasteiger partial charge in [-0.3, -0.25) is 9.48 Å². The van der Waals surface area contributed by atoms with E-state index < -0.39 is 0 Å². The Bertz CT molecular complexity index is 896. The SMILES string of the molecule is C=CC(=O)N[C@@H]1CC[C@H](C2(C)C=C(Nc3ccn(C)n3)c3ncnn3C2)C1. The summed E-state index contributed by atoms with van der Waals surface area (Å²) in [6, 6.07) is 2.14. The molecule has 4 rings (SSSR count). The molecule has 142 valence electrons.